The molecule has 0 radical (unpaired) electrons. The predicted octanol–water partition coefficient (Wildman–Crippen LogP) is 4.40. The Morgan fingerprint density at radius 2 is 1.76 bits per heavy atom. The van der Waals surface area contributed by atoms with E-state index in [9.17, 15) is 18.3 Å². The number of fused-ring (bicyclic) bond motifs is 5. The number of nitrogens with zero attached hydrogens (tertiary/aromatic N) is 2. The summed E-state index contributed by atoms with van der Waals surface area (Å²) >= 11 is 0. The van der Waals surface area contributed by atoms with Crippen LogP contribution in [0.4, 0.5) is 0 Å². The first-order chi connectivity index (χ1) is 19.9. The Hall–Kier alpha value is -2.72. The van der Waals surface area contributed by atoms with E-state index in [4.69, 9.17) is 4.74 Å². The van der Waals surface area contributed by atoms with E-state index in [1.165, 1.54) is 41.6 Å². The molecule has 2 saturated carbocycles. The van der Waals surface area contributed by atoms with Gasteiger partial charge in [0.15, 0.2) is 0 Å². The molecular weight excluding hydrogens is 538 g/mol. The van der Waals surface area contributed by atoms with Gasteiger partial charge >= 0.3 is 0 Å². The molecular formula is C32H39N3O5S. The van der Waals surface area contributed by atoms with E-state index in [2.05, 4.69) is 38.5 Å². The summed E-state index contributed by atoms with van der Waals surface area (Å²) < 4.78 is 35.3. The molecule has 0 bridgehead atoms. The topological polar surface area (TPSA) is 101 Å². The number of amides is 1. The smallest absolute Gasteiger partial charge is 0.264 e. The normalized spacial score (nSPS) is 23.0. The second kappa shape index (κ2) is 10.8. The van der Waals surface area contributed by atoms with Crippen molar-refractivity contribution in [3.63, 3.8) is 0 Å². The molecule has 3 aromatic rings. The molecule has 218 valence electrons. The molecule has 8 nitrogen and oxygen atoms in total. The number of benzene rings is 2. The number of morpholine rings is 1. The minimum absolute atomic E-state index is 0.0574. The van der Waals surface area contributed by atoms with Gasteiger partial charge in [0.25, 0.3) is 5.91 Å². The van der Waals surface area contributed by atoms with Gasteiger partial charge in [-0.05, 0) is 61.3 Å². The molecule has 1 saturated heterocycles. The molecule has 4 aliphatic rings. The van der Waals surface area contributed by atoms with E-state index in [1.807, 2.05) is 12.1 Å². The van der Waals surface area contributed by atoms with Gasteiger partial charge in [-0.2, -0.15) is 0 Å². The second-order valence-electron chi connectivity index (χ2n) is 12.3. The monoisotopic (exact) mass is 577 g/mol. The molecule has 7 rings (SSSR count). The maximum atomic E-state index is 13.2. The predicted molar refractivity (Wildman–Crippen MR) is 158 cm³/mol. The van der Waals surface area contributed by atoms with Crippen molar-refractivity contribution in [1.29, 1.82) is 0 Å². The van der Waals surface area contributed by atoms with E-state index in [0.29, 0.717) is 57.2 Å². The first-order valence-corrected chi connectivity index (χ1v) is 16.8. The van der Waals surface area contributed by atoms with E-state index in [0.717, 1.165) is 30.2 Å². The number of carbonyl (C=O) groups is 1. The van der Waals surface area contributed by atoms with Crippen LogP contribution in [0, 0.1) is 5.92 Å². The van der Waals surface area contributed by atoms with Crippen LogP contribution < -0.4 is 4.72 Å². The highest BCUT2D eigenvalue weighted by atomic mass is 32.2. The minimum Gasteiger partial charge on any atom is -0.379 e. The second-order valence-corrected chi connectivity index (χ2v) is 14.3. The third-order valence-corrected chi connectivity index (χ3v) is 11.4. The van der Waals surface area contributed by atoms with Gasteiger partial charge in [0.05, 0.1) is 24.2 Å². The van der Waals surface area contributed by atoms with Crippen LogP contribution in [0.5, 0.6) is 0 Å². The quantitative estimate of drug-likeness (QED) is 0.451. The van der Waals surface area contributed by atoms with Crippen molar-refractivity contribution in [2.75, 3.05) is 26.3 Å². The number of sulfonamides is 1. The van der Waals surface area contributed by atoms with Crippen molar-refractivity contribution in [2.45, 2.75) is 75.3 Å². The summed E-state index contributed by atoms with van der Waals surface area (Å²) in [6.45, 7) is 3.24. The summed E-state index contributed by atoms with van der Waals surface area (Å²) in [5, 5.41) is 12.3. The SMILES string of the molecule is O=C(NS(=O)(=O)C1CC1)c1ccc2c(C3CCCCC3)c3n(c2c1)CC(C(O)N1CCOCC1)Cc1ccccc1-3. The first kappa shape index (κ1) is 27.1. The Morgan fingerprint density at radius 3 is 2.51 bits per heavy atom. The van der Waals surface area contributed by atoms with Crippen LogP contribution in [0.15, 0.2) is 42.5 Å². The van der Waals surface area contributed by atoms with E-state index < -0.39 is 27.4 Å². The number of nitrogens with one attached hydrogen (secondary N) is 1. The summed E-state index contributed by atoms with van der Waals surface area (Å²) in [6, 6.07) is 14.2. The van der Waals surface area contributed by atoms with E-state index >= 15 is 0 Å². The van der Waals surface area contributed by atoms with Crippen LogP contribution in [0.1, 0.15) is 72.3 Å². The third kappa shape index (κ3) is 5.11. The van der Waals surface area contributed by atoms with Crippen LogP contribution in [-0.4, -0.2) is 66.7 Å². The lowest BCUT2D eigenvalue weighted by Crippen LogP contribution is -2.48. The molecule has 0 spiro atoms. The average molecular weight is 578 g/mol. The van der Waals surface area contributed by atoms with Gasteiger partial charge in [-0.25, -0.2) is 13.1 Å². The molecule has 2 aliphatic heterocycles. The number of hydrogen-bond acceptors (Lipinski definition) is 6. The largest absolute Gasteiger partial charge is 0.379 e. The van der Waals surface area contributed by atoms with Crippen LogP contribution in [-0.2, 0) is 27.7 Å². The molecule has 1 aromatic heterocycles. The Morgan fingerprint density at radius 1 is 1.00 bits per heavy atom. The molecule has 2 aromatic carbocycles. The number of rotatable bonds is 6. The lowest BCUT2D eigenvalue weighted by atomic mass is 9.81. The van der Waals surface area contributed by atoms with Gasteiger partial charge in [-0.15, -0.1) is 0 Å². The number of hydrogen-bond donors (Lipinski definition) is 2. The Kier molecular flexibility index (Phi) is 7.17. The van der Waals surface area contributed by atoms with Crippen molar-refractivity contribution < 1.29 is 23.1 Å². The molecule has 3 fully saturated rings. The molecule has 3 heterocycles. The lowest BCUT2D eigenvalue weighted by Gasteiger charge is -2.35. The highest BCUT2D eigenvalue weighted by molar-refractivity contribution is 7.91. The van der Waals surface area contributed by atoms with Gasteiger partial charge in [0.1, 0.15) is 6.23 Å². The first-order valence-electron chi connectivity index (χ1n) is 15.2. The van der Waals surface area contributed by atoms with Gasteiger partial charge in [0, 0.05) is 47.6 Å². The van der Waals surface area contributed by atoms with Gasteiger partial charge < -0.3 is 14.4 Å². The standard InChI is InChI=1S/C32H39N3O5S/c36-31(33-41(38,39)25-11-12-25)23-10-13-27-28(19-23)35-20-24(32(37)34-14-16-40-17-15-34)18-22-8-4-5-9-26(22)30(35)29(27)21-6-2-1-3-7-21/h4-5,8-10,13,19,21,24-25,32,37H,1-3,6-7,11-12,14-18,20H2,(H,33,36). The van der Waals surface area contributed by atoms with Crippen molar-refractivity contribution >= 4 is 26.8 Å². The lowest BCUT2D eigenvalue weighted by molar-refractivity contribution is -0.0880. The molecule has 2 atom stereocenters. The summed E-state index contributed by atoms with van der Waals surface area (Å²) in [7, 11) is -3.65. The fraction of sp³-hybridized carbons (Fsp3) is 0.531. The zero-order valence-electron chi connectivity index (χ0n) is 23.4. The molecule has 41 heavy (non-hydrogen) atoms. The van der Waals surface area contributed by atoms with Gasteiger partial charge in [-0.1, -0.05) is 49.6 Å². The fourth-order valence-corrected chi connectivity index (χ4v) is 8.60. The van der Waals surface area contributed by atoms with Crippen molar-refractivity contribution in [1.82, 2.24) is 14.2 Å². The highest BCUT2D eigenvalue weighted by Crippen LogP contribution is 2.47. The van der Waals surface area contributed by atoms with Crippen LogP contribution in [0.3, 0.4) is 0 Å². The molecule has 2 unspecified atom stereocenters. The molecule has 2 N–H and O–H groups in total. The number of aliphatic hydroxyl groups is 1. The Balaban J connectivity index is 1.37. The summed E-state index contributed by atoms with van der Waals surface area (Å²) in [5.74, 6) is -0.211. The number of carbonyl (C=O) groups excluding carboxylic acids is 1. The third-order valence-electron chi connectivity index (χ3n) is 9.59. The van der Waals surface area contributed by atoms with Crippen LogP contribution in [0.2, 0.25) is 0 Å². The number of aliphatic hydroxyl groups excluding tert-OH is 1. The maximum Gasteiger partial charge on any atom is 0.264 e. The van der Waals surface area contributed by atoms with Crippen molar-refractivity contribution in [3.8, 4) is 11.3 Å². The van der Waals surface area contributed by atoms with E-state index in [-0.39, 0.29) is 5.92 Å². The van der Waals surface area contributed by atoms with Gasteiger partial charge in [0.2, 0.25) is 10.0 Å². The summed E-state index contributed by atoms with van der Waals surface area (Å²) in [4.78, 5) is 15.3. The number of aromatic nitrogens is 1. The molecule has 2 aliphatic carbocycles. The van der Waals surface area contributed by atoms with Crippen molar-refractivity contribution in [3.05, 3.63) is 59.2 Å². The maximum absolute atomic E-state index is 13.2. The summed E-state index contributed by atoms with van der Waals surface area (Å²) in [6.07, 6.45) is 7.27. The molecule has 1 amide bonds. The van der Waals surface area contributed by atoms with Gasteiger partial charge in [-0.3, -0.25) is 9.69 Å². The van der Waals surface area contributed by atoms with Crippen LogP contribution in [0.25, 0.3) is 22.2 Å². The Labute approximate surface area is 241 Å². The summed E-state index contributed by atoms with van der Waals surface area (Å²) in [5.41, 5.74) is 6.25. The zero-order valence-corrected chi connectivity index (χ0v) is 24.2. The average Bonchev–Trinajstić information content (AvgIpc) is 3.83. The number of ether oxygens (including phenoxy) is 1. The minimum atomic E-state index is -3.65. The van der Waals surface area contributed by atoms with Crippen LogP contribution >= 0.6 is 0 Å². The fourth-order valence-electron chi connectivity index (χ4n) is 7.30. The van der Waals surface area contributed by atoms with Crippen molar-refractivity contribution in [2.24, 2.45) is 5.92 Å². The molecule has 9 heteroatoms. The van der Waals surface area contributed by atoms with E-state index in [1.54, 1.807) is 6.07 Å². The highest BCUT2D eigenvalue weighted by Gasteiger charge is 2.38. The Bertz CT molecular complexity index is 1570. The zero-order chi connectivity index (χ0) is 28.1.